The van der Waals surface area contributed by atoms with Crippen LogP contribution in [0.4, 0.5) is 4.79 Å². The minimum absolute atomic E-state index is 0.00406. The summed E-state index contributed by atoms with van der Waals surface area (Å²) in [5.41, 5.74) is 0. The minimum atomic E-state index is -0.269. The Morgan fingerprint density at radius 1 is 0.966 bits per heavy atom. The summed E-state index contributed by atoms with van der Waals surface area (Å²) in [6, 6.07) is 0. The molecule has 0 spiro atoms. The Labute approximate surface area is 179 Å². The van der Waals surface area contributed by atoms with Crippen molar-refractivity contribution < 1.29 is 28.6 Å². The highest BCUT2D eigenvalue weighted by Crippen LogP contribution is 2.21. The number of carbonyl (C=O) groups excluding carboxylic acids is 3. The van der Waals surface area contributed by atoms with Crippen LogP contribution >= 0.6 is 11.8 Å². The Morgan fingerprint density at radius 3 is 2.14 bits per heavy atom. The number of amides is 2. The molecule has 1 rings (SSSR count). The number of thioether (sulfide) groups is 1. The molecule has 1 heterocycles. The number of carbonyl (C=O) groups is 3. The molecule has 0 saturated carbocycles. The van der Waals surface area contributed by atoms with Gasteiger partial charge in [0.05, 0.1) is 26.4 Å². The molecule has 0 aromatic heterocycles. The third-order valence-corrected chi connectivity index (χ3v) is 5.27. The number of Topliss-reactive ketones (excluding diaryl/α,β-unsaturated/α-hetero) is 1. The van der Waals surface area contributed by atoms with Crippen molar-refractivity contribution in [2.75, 3.05) is 58.9 Å². The molecule has 0 aromatic rings. The van der Waals surface area contributed by atoms with Crippen molar-refractivity contribution >= 4 is 29.5 Å². The van der Waals surface area contributed by atoms with E-state index in [-0.39, 0.29) is 37.2 Å². The van der Waals surface area contributed by atoms with Crippen molar-refractivity contribution in [3.05, 3.63) is 0 Å². The number of nitrogens with one attached hydrogen (secondary N) is 1. The smallest absolute Gasteiger partial charge is 0.409 e. The predicted molar refractivity (Wildman–Crippen MR) is 115 cm³/mol. The second kappa shape index (κ2) is 18.7. The van der Waals surface area contributed by atoms with Gasteiger partial charge in [-0.05, 0) is 26.0 Å². The minimum Gasteiger partial charge on any atom is -0.447 e. The molecule has 0 atom stereocenters. The van der Waals surface area contributed by atoms with Gasteiger partial charge in [0.1, 0.15) is 12.4 Å². The van der Waals surface area contributed by atoms with Crippen molar-refractivity contribution in [2.24, 2.45) is 0 Å². The number of piperidine rings is 1. The number of ketones is 1. The van der Waals surface area contributed by atoms with E-state index in [0.29, 0.717) is 38.2 Å². The maximum absolute atomic E-state index is 11.9. The van der Waals surface area contributed by atoms with E-state index in [4.69, 9.17) is 14.2 Å². The summed E-state index contributed by atoms with van der Waals surface area (Å²) in [4.78, 5) is 35.8. The molecule has 1 aliphatic rings. The highest BCUT2D eigenvalue weighted by Gasteiger charge is 2.22. The molecule has 8 nitrogen and oxygen atoms in total. The quantitative estimate of drug-likeness (QED) is 0.445. The highest BCUT2D eigenvalue weighted by atomic mass is 32.2. The van der Waals surface area contributed by atoms with Gasteiger partial charge in [-0.1, -0.05) is 13.8 Å². The molecule has 0 radical (unpaired) electrons. The fourth-order valence-corrected chi connectivity index (χ4v) is 3.20. The average molecular weight is 435 g/mol. The number of nitrogens with zero attached hydrogens (tertiary/aromatic N) is 1. The molecule has 0 unspecified atom stereocenters. The van der Waals surface area contributed by atoms with Gasteiger partial charge in [0.2, 0.25) is 5.91 Å². The molecule has 1 saturated heterocycles. The largest absolute Gasteiger partial charge is 0.447 e. The van der Waals surface area contributed by atoms with Crippen LogP contribution in [0.3, 0.4) is 0 Å². The van der Waals surface area contributed by atoms with Crippen molar-refractivity contribution in [3.63, 3.8) is 0 Å². The predicted octanol–water partition coefficient (Wildman–Crippen LogP) is 2.50. The van der Waals surface area contributed by atoms with E-state index < -0.39 is 0 Å². The van der Waals surface area contributed by atoms with Crippen molar-refractivity contribution in [2.45, 2.75) is 51.7 Å². The van der Waals surface area contributed by atoms with Crippen LogP contribution in [0, 0.1) is 0 Å². The molecule has 170 valence electrons. The second-order valence-corrected chi connectivity index (χ2v) is 7.45. The summed E-state index contributed by atoms with van der Waals surface area (Å²) in [7, 11) is 0. The van der Waals surface area contributed by atoms with Crippen molar-refractivity contribution in [1.82, 2.24) is 10.2 Å². The number of likely N-dealkylation sites (tertiary alicyclic amines) is 1. The molecule has 1 N–H and O–H groups in total. The Morgan fingerprint density at radius 2 is 1.55 bits per heavy atom. The van der Waals surface area contributed by atoms with Crippen LogP contribution in [0.2, 0.25) is 0 Å². The summed E-state index contributed by atoms with van der Waals surface area (Å²) >= 11 is 1.85. The second-order valence-electron chi connectivity index (χ2n) is 6.31. The monoisotopic (exact) mass is 434 g/mol. The average Bonchev–Trinajstić information content (AvgIpc) is 2.74. The van der Waals surface area contributed by atoms with Crippen LogP contribution in [0.5, 0.6) is 0 Å². The van der Waals surface area contributed by atoms with Crippen LogP contribution in [-0.4, -0.2) is 86.9 Å². The van der Waals surface area contributed by atoms with Gasteiger partial charge >= 0.3 is 6.09 Å². The molecule has 0 aliphatic carbocycles. The number of ether oxygens (including phenoxy) is 3. The lowest BCUT2D eigenvalue weighted by Crippen LogP contribution is -2.40. The lowest BCUT2D eigenvalue weighted by molar-refractivity contribution is -0.124. The topological polar surface area (TPSA) is 94.2 Å². The first-order chi connectivity index (χ1) is 14.0. The maximum atomic E-state index is 11.9. The van der Waals surface area contributed by atoms with Gasteiger partial charge in [-0.15, -0.1) is 0 Å². The maximum Gasteiger partial charge on any atom is 0.409 e. The zero-order chi connectivity index (χ0) is 21.9. The van der Waals surface area contributed by atoms with Gasteiger partial charge in [0.15, 0.2) is 0 Å². The van der Waals surface area contributed by atoms with Gasteiger partial charge < -0.3 is 29.2 Å². The van der Waals surface area contributed by atoms with Crippen LogP contribution in [0.25, 0.3) is 0 Å². The zero-order valence-electron chi connectivity index (χ0n) is 18.4. The Bertz CT molecular complexity index is 456. The van der Waals surface area contributed by atoms with Crippen molar-refractivity contribution in [3.8, 4) is 0 Å². The first kappa shape index (κ1) is 27.7. The van der Waals surface area contributed by atoms with E-state index in [0.717, 1.165) is 25.9 Å². The number of rotatable bonds is 13. The molecule has 9 heteroatoms. The molecule has 29 heavy (non-hydrogen) atoms. The first-order valence-electron chi connectivity index (χ1n) is 10.4. The van der Waals surface area contributed by atoms with Crippen LogP contribution in [0.15, 0.2) is 0 Å². The van der Waals surface area contributed by atoms with Crippen LogP contribution in [-0.2, 0) is 23.8 Å². The summed E-state index contributed by atoms with van der Waals surface area (Å²) < 4.78 is 15.9. The van der Waals surface area contributed by atoms with E-state index in [9.17, 15) is 14.4 Å². The lowest BCUT2D eigenvalue weighted by atomic mass is 10.1. The van der Waals surface area contributed by atoms with Gasteiger partial charge in [-0.3, -0.25) is 4.79 Å². The van der Waals surface area contributed by atoms with Gasteiger partial charge in [-0.25, -0.2) is 4.79 Å². The lowest BCUT2D eigenvalue weighted by Gasteiger charge is -2.30. The standard InChI is InChI=1S/C18H32N2O6S.C2H6/c1-15(21)3-4-17(22)19-7-10-24-11-12-25-13-14-26-18(23)20-8-5-16(27-2)6-9-20;1-2/h16H,3-14H2,1-2H3,(H,19,22);1-2H3. The Balaban J connectivity index is 0.00000379. The van der Waals surface area contributed by atoms with E-state index in [1.807, 2.05) is 25.6 Å². The molecule has 2 amide bonds. The number of hydrogen-bond acceptors (Lipinski definition) is 7. The fraction of sp³-hybridized carbons (Fsp3) is 0.850. The highest BCUT2D eigenvalue weighted by molar-refractivity contribution is 7.99. The summed E-state index contributed by atoms with van der Waals surface area (Å²) in [5.74, 6) is -0.145. The molecular weight excluding hydrogens is 396 g/mol. The zero-order valence-corrected chi connectivity index (χ0v) is 19.2. The molecule has 0 bridgehead atoms. The third-order valence-electron chi connectivity index (χ3n) is 4.13. The number of hydrogen-bond donors (Lipinski definition) is 1. The fourth-order valence-electron chi connectivity index (χ4n) is 2.52. The van der Waals surface area contributed by atoms with Crippen molar-refractivity contribution in [1.29, 1.82) is 0 Å². The normalized spacial score (nSPS) is 14.0. The van der Waals surface area contributed by atoms with E-state index in [2.05, 4.69) is 11.6 Å². The molecule has 1 aliphatic heterocycles. The van der Waals surface area contributed by atoms with Gasteiger partial charge in [0.25, 0.3) is 0 Å². The Hall–Kier alpha value is -1.32. The molecule has 1 fully saturated rings. The van der Waals surface area contributed by atoms with Crippen LogP contribution < -0.4 is 5.32 Å². The SMILES string of the molecule is CC.CSC1CCN(C(=O)OCCOCCOCCNC(=O)CCC(C)=O)CC1. The first-order valence-corrected chi connectivity index (χ1v) is 11.7. The van der Waals surface area contributed by atoms with Gasteiger partial charge in [-0.2, -0.15) is 11.8 Å². The van der Waals surface area contributed by atoms with E-state index in [1.54, 1.807) is 4.90 Å². The summed E-state index contributed by atoms with van der Waals surface area (Å²) in [6.07, 6.45) is 4.35. The molecule has 0 aromatic carbocycles. The third kappa shape index (κ3) is 15.2. The van der Waals surface area contributed by atoms with Gasteiger partial charge in [0, 0.05) is 37.7 Å². The van der Waals surface area contributed by atoms with E-state index in [1.165, 1.54) is 6.92 Å². The summed E-state index contributed by atoms with van der Waals surface area (Å²) in [5, 5.41) is 3.32. The Kier molecular flexibility index (Phi) is 17.8. The van der Waals surface area contributed by atoms with E-state index >= 15 is 0 Å². The summed E-state index contributed by atoms with van der Waals surface area (Å²) in [6.45, 7) is 9.12. The van der Waals surface area contributed by atoms with Crippen LogP contribution in [0.1, 0.15) is 46.5 Å². The molecular formula is C20H38N2O6S.